The van der Waals surface area contributed by atoms with Crippen molar-refractivity contribution in [3.8, 4) is 5.75 Å². The minimum atomic E-state index is -4.37. The molecular weight excluding hydrogens is 389 g/mol. The van der Waals surface area contributed by atoms with Crippen LogP contribution < -0.4 is 10.2 Å². The van der Waals surface area contributed by atoms with E-state index < -0.39 is 18.6 Å². The lowest BCUT2D eigenvalue weighted by Crippen LogP contribution is -2.18. The third-order valence-corrected chi connectivity index (χ3v) is 3.65. The molecule has 1 N–H and O–H groups in total. The molecule has 1 aromatic carbocycles. The second-order valence-corrected chi connectivity index (χ2v) is 6.12. The van der Waals surface area contributed by atoms with E-state index in [2.05, 4.69) is 15.6 Å². The van der Waals surface area contributed by atoms with Gasteiger partial charge in [0.15, 0.2) is 5.76 Å². The number of carbonyl (C=O) groups is 1. The molecule has 0 fully saturated rings. The van der Waals surface area contributed by atoms with E-state index in [1.807, 2.05) is 31.2 Å². The third-order valence-electron chi connectivity index (χ3n) is 3.65. The number of aryl methyl sites for hydroxylation is 1. The van der Waals surface area contributed by atoms with E-state index in [1.54, 1.807) is 6.07 Å². The second kappa shape index (κ2) is 8.63. The topological polar surface area (TPSA) is 81.6 Å². The molecule has 0 bridgehead atoms. The largest absolute Gasteiger partial charge is 0.486 e. The molecule has 0 unspecified atom stereocenters. The molecule has 29 heavy (non-hydrogen) atoms. The number of ether oxygens (including phenoxy) is 1. The zero-order valence-electron chi connectivity index (χ0n) is 15.3. The number of hydrogen-bond acceptors (Lipinski definition) is 5. The first kappa shape index (κ1) is 20.2. The van der Waals surface area contributed by atoms with Crippen LogP contribution in [0.5, 0.6) is 5.75 Å². The first-order valence-corrected chi connectivity index (χ1v) is 8.50. The number of carbonyl (C=O) groups excluding carboxylic acids is 1. The zero-order chi connectivity index (χ0) is 20.9. The molecule has 0 atom stereocenters. The lowest BCUT2D eigenvalue weighted by Gasteiger charge is -2.04. The van der Waals surface area contributed by atoms with Gasteiger partial charge in [0.2, 0.25) is 0 Å². The first-order valence-electron chi connectivity index (χ1n) is 8.50. The van der Waals surface area contributed by atoms with Gasteiger partial charge in [0.1, 0.15) is 30.4 Å². The Balaban J connectivity index is 1.49. The van der Waals surface area contributed by atoms with Crippen LogP contribution in [0, 0.1) is 6.92 Å². The Morgan fingerprint density at radius 1 is 1.24 bits per heavy atom. The van der Waals surface area contributed by atoms with E-state index in [0.29, 0.717) is 11.5 Å². The summed E-state index contributed by atoms with van der Waals surface area (Å²) in [5.74, 6) is 0.531. The predicted octanol–water partition coefficient (Wildman–Crippen LogP) is 3.69. The van der Waals surface area contributed by atoms with Crippen molar-refractivity contribution in [1.82, 2.24) is 15.2 Å². The maximum atomic E-state index is 12.3. The van der Waals surface area contributed by atoms with Gasteiger partial charge in [-0.1, -0.05) is 17.7 Å². The summed E-state index contributed by atoms with van der Waals surface area (Å²) in [5, 5.41) is 7.35. The highest BCUT2D eigenvalue weighted by atomic mass is 19.4. The molecule has 0 radical (unpaired) electrons. The minimum absolute atomic E-state index is 0.0206. The molecule has 2 aromatic heterocycles. The van der Waals surface area contributed by atoms with E-state index in [1.165, 1.54) is 18.3 Å². The monoisotopic (exact) mass is 406 g/mol. The van der Waals surface area contributed by atoms with Crippen LogP contribution in [0.15, 0.2) is 58.2 Å². The molecule has 0 spiro atoms. The van der Waals surface area contributed by atoms with Crippen LogP contribution in [0.1, 0.15) is 27.6 Å². The normalized spacial score (nSPS) is 11.7. The molecule has 0 aliphatic heterocycles. The Bertz CT molecular complexity index is 991. The Kier molecular flexibility index (Phi) is 6.01. The van der Waals surface area contributed by atoms with Crippen LogP contribution in [0.3, 0.4) is 0 Å². The van der Waals surface area contributed by atoms with Crippen molar-refractivity contribution in [2.75, 3.05) is 0 Å². The summed E-state index contributed by atoms with van der Waals surface area (Å²) in [5.41, 5.74) is 3.50. The van der Waals surface area contributed by atoms with E-state index in [0.717, 1.165) is 16.5 Å². The third kappa shape index (κ3) is 6.23. The van der Waals surface area contributed by atoms with Gasteiger partial charge in [0.05, 0.1) is 6.21 Å². The Hall–Kier alpha value is -3.56. The van der Waals surface area contributed by atoms with Gasteiger partial charge in [-0.05, 0) is 37.3 Å². The minimum Gasteiger partial charge on any atom is -0.486 e. The van der Waals surface area contributed by atoms with Crippen molar-refractivity contribution in [1.29, 1.82) is 0 Å². The van der Waals surface area contributed by atoms with Crippen molar-refractivity contribution in [2.45, 2.75) is 26.3 Å². The van der Waals surface area contributed by atoms with Gasteiger partial charge < -0.3 is 9.15 Å². The fourth-order valence-corrected chi connectivity index (χ4v) is 2.30. The maximum Gasteiger partial charge on any atom is 0.408 e. The predicted molar refractivity (Wildman–Crippen MR) is 97.6 cm³/mol. The molecule has 2 heterocycles. The Morgan fingerprint density at radius 3 is 2.72 bits per heavy atom. The smallest absolute Gasteiger partial charge is 0.408 e. The number of aromatic nitrogens is 2. The number of benzene rings is 1. The average Bonchev–Trinajstić information content (AvgIpc) is 3.29. The van der Waals surface area contributed by atoms with Crippen LogP contribution in [0.4, 0.5) is 13.2 Å². The molecule has 10 heteroatoms. The van der Waals surface area contributed by atoms with Crippen LogP contribution in [0.2, 0.25) is 0 Å². The van der Waals surface area contributed by atoms with Gasteiger partial charge in [-0.3, -0.25) is 9.48 Å². The van der Waals surface area contributed by atoms with Gasteiger partial charge in [-0.25, -0.2) is 5.43 Å². The van der Waals surface area contributed by atoms with Crippen LogP contribution in [-0.2, 0) is 13.2 Å². The number of furan rings is 1. The van der Waals surface area contributed by atoms with Crippen molar-refractivity contribution in [2.24, 2.45) is 5.10 Å². The number of hydrazone groups is 1. The fraction of sp³-hybridized carbons (Fsp3) is 0.211. The Morgan fingerprint density at radius 2 is 2.00 bits per heavy atom. The number of alkyl halides is 3. The van der Waals surface area contributed by atoms with Crippen molar-refractivity contribution >= 4 is 12.1 Å². The van der Waals surface area contributed by atoms with Crippen LogP contribution >= 0.6 is 0 Å². The van der Waals surface area contributed by atoms with Crippen molar-refractivity contribution in [3.05, 3.63) is 71.4 Å². The zero-order valence-corrected chi connectivity index (χ0v) is 15.3. The lowest BCUT2D eigenvalue weighted by molar-refractivity contribution is -0.142. The summed E-state index contributed by atoms with van der Waals surface area (Å²) in [7, 11) is 0. The number of nitrogens with zero attached hydrogens (tertiary/aromatic N) is 3. The molecule has 0 aliphatic rings. The average molecular weight is 406 g/mol. The number of amides is 1. The molecule has 7 nitrogen and oxygen atoms in total. The van der Waals surface area contributed by atoms with Gasteiger partial charge in [0.25, 0.3) is 0 Å². The summed E-state index contributed by atoms with van der Waals surface area (Å²) in [6, 6.07) is 11.9. The molecule has 0 saturated carbocycles. The first-order chi connectivity index (χ1) is 13.8. The number of halogens is 3. The van der Waals surface area contributed by atoms with Gasteiger partial charge in [-0.15, -0.1) is 0 Å². The van der Waals surface area contributed by atoms with Gasteiger partial charge in [0, 0.05) is 6.20 Å². The summed E-state index contributed by atoms with van der Waals surface area (Å²) in [6.07, 6.45) is -2.06. The summed E-state index contributed by atoms with van der Waals surface area (Å²) < 4.78 is 48.6. The number of nitrogens with one attached hydrogen (secondary N) is 1. The summed E-state index contributed by atoms with van der Waals surface area (Å²) >= 11 is 0. The molecule has 3 aromatic rings. The summed E-state index contributed by atoms with van der Waals surface area (Å²) in [6.45, 7) is 0.918. The van der Waals surface area contributed by atoms with Crippen molar-refractivity contribution < 1.29 is 27.1 Å². The van der Waals surface area contributed by atoms with E-state index in [-0.39, 0.29) is 18.1 Å². The maximum absolute atomic E-state index is 12.3. The molecule has 0 aliphatic carbocycles. The molecule has 3 rings (SSSR count). The van der Waals surface area contributed by atoms with E-state index >= 15 is 0 Å². The number of rotatable bonds is 7. The van der Waals surface area contributed by atoms with Crippen molar-refractivity contribution in [3.63, 3.8) is 0 Å². The molecule has 152 valence electrons. The highest BCUT2D eigenvalue weighted by Gasteiger charge is 2.28. The Labute approximate surface area is 163 Å². The lowest BCUT2D eigenvalue weighted by atomic mass is 10.2. The van der Waals surface area contributed by atoms with Gasteiger partial charge >= 0.3 is 12.1 Å². The molecule has 1 amide bonds. The van der Waals surface area contributed by atoms with Crippen LogP contribution in [-0.4, -0.2) is 28.1 Å². The highest BCUT2D eigenvalue weighted by Crippen LogP contribution is 2.17. The second-order valence-electron chi connectivity index (χ2n) is 6.12. The SMILES string of the molecule is Cc1ccc(OCc2ccc(C(=O)NN=Cc3ccn(CC(F)(F)F)n3)o2)cc1. The fourth-order valence-electron chi connectivity index (χ4n) is 2.30. The quantitative estimate of drug-likeness (QED) is 0.479. The van der Waals surface area contributed by atoms with Gasteiger partial charge in [-0.2, -0.15) is 23.4 Å². The molecule has 0 saturated heterocycles. The van der Waals surface area contributed by atoms with E-state index in [4.69, 9.17) is 9.15 Å². The van der Waals surface area contributed by atoms with Crippen LogP contribution in [0.25, 0.3) is 0 Å². The highest BCUT2D eigenvalue weighted by molar-refractivity contribution is 5.92. The number of hydrogen-bond donors (Lipinski definition) is 1. The summed E-state index contributed by atoms with van der Waals surface area (Å²) in [4.78, 5) is 12.0. The standard InChI is InChI=1S/C19H17F3N4O3/c1-13-2-4-15(5-3-13)28-11-16-6-7-17(29-16)18(27)24-23-10-14-8-9-26(25-14)12-19(20,21)22/h2-10H,11-12H2,1H3,(H,24,27). The molecular formula is C19H17F3N4O3. The van der Waals surface area contributed by atoms with E-state index in [9.17, 15) is 18.0 Å².